The standard InChI is InChI=1S/C25H25N5O/c1-23(2,3)15-9-10-16-17(12-26)21(29)24(13-27,14-28)25(19(16)11-15)18-7-5-6-8-20(18)30(4)22(25)31/h5-8,10,15,19H,9,11,29H2,1-4H3/t15-,19-,25-/m0/s1. The topological polar surface area (TPSA) is 118 Å². The van der Waals surface area contributed by atoms with E-state index in [2.05, 4.69) is 39.0 Å². The van der Waals surface area contributed by atoms with Gasteiger partial charge in [0, 0.05) is 18.7 Å². The number of nitrogens with zero attached hydrogens (tertiary/aromatic N) is 4. The molecule has 0 saturated heterocycles. The summed E-state index contributed by atoms with van der Waals surface area (Å²) in [5, 5.41) is 30.8. The van der Waals surface area contributed by atoms with E-state index in [1.165, 1.54) is 4.90 Å². The van der Waals surface area contributed by atoms with Crippen molar-refractivity contribution in [3.05, 3.63) is 52.7 Å². The number of hydrogen-bond acceptors (Lipinski definition) is 5. The molecular formula is C25H25N5O. The van der Waals surface area contributed by atoms with Crippen LogP contribution in [0.15, 0.2) is 47.2 Å². The van der Waals surface area contributed by atoms with E-state index < -0.39 is 16.7 Å². The summed E-state index contributed by atoms with van der Waals surface area (Å²) in [5.41, 5.74) is 4.98. The van der Waals surface area contributed by atoms with Gasteiger partial charge in [0.05, 0.1) is 23.4 Å². The summed E-state index contributed by atoms with van der Waals surface area (Å²) in [4.78, 5) is 15.6. The molecule has 1 aromatic rings. The Morgan fingerprint density at radius 2 is 1.81 bits per heavy atom. The molecule has 0 aromatic heterocycles. The summed E-state index contributed by atoms with van der Waals surface area (Å²) in [7, 11) is 1.67. The number of carbonyl (C=O) groups is 1. The van der Waals surface area contributed by atoms with Crippen LogP contribution < -0.4 is 10.6 Å². The molecule has 3 atom stereocenters. The molecule has 0 bridgehead atoms. The highest BCUT2D eigenvalue weighted by Gasteiger charge is 2.72. The van der Waals surface area contributed by atoms with Crippen molar-refractivity contribution in [3.63, 3.8) is 0 Å². The summed E-state index contributed by atoms with van der Waals surface area (Å²) in [6.07, 6.45) is 3.35. The number of nitriles is 3. The lowest BCUT2D eigenvalue weighted by Crippen LogP contribution is -2.61. The Balaban J connectivity index is 2.17. The van der Waals surface area contributed by atoms with E-state index in [0.29, 0.717) is 23.2 Å². The molecule has 0 unspecified atom stereocenters. The van der Waals surface area contributed by atoms with Gasteiger partial charge in [-0.3, -0.25) is 4.79 Å². The predicted octanol–water partition coefficient (Wildman–Crippen LogP) is 3.68. The number of likely N-dealkylation sites (N-methyl/N-ethyl adjacent to an activating group) is 1. The van der Waals surface area contributed by atoms with Crippen LogP contribution in [0.5, 0.6) is 0 Å². The zero-order valence-corrected chi connectivity index (χ0v) is 18.2. The zero-order chi connectivity index (χ0) is 22.8. The molecule has 1 spiro atoms. The first kappa shape index (κ1) is 20.7. The average Bonchev–Trinajstić information content (AvgIpc) is 2.98. The van der Waals surface area contributed by atoms with Crippen molar-refractivity contribution in [2.24, 2.45) is 28.4 Å². The highest BCUT2D eigenvalue weighted by Crippen LogP contribution is 2.65. The maximum atomic E-state index is 14.1. The monoisotopic (exact) mass is 411 g/mol. The van der Waals surface area contributed by atoms with Crippen LogP contribution in [-0.4, -0.2) is 13.0 Å². The van der Waals surface area contributed by atoms with Gasteiger partial charge in [0.25, 0.3) is 0 Å². The van der Waals surface area contributed by atoms with Crippen molar-refractivity contribution in [1.29, 1.82) is 15.8 Å². The van der Waals surface area contributed by atoms with Crippen LogP contribution in [0.25, 0.3) is 0 Å². The molecule has 1 heterocycles. The van der Waals surface area contributed by atoms with Gasteiger partial charge in [-0.1, -0.05) is 45.0 Å². The molecule has 1 aliphatic heterocycles. The smallest absolute Gasteiger partial charge is 0.241 e. The van der Waals surface area contributed by atoms with Crippen LogP contribution in [-0.2, 0) is 10.2 Å². The predicted molar refractivity (Wildman–Crippen MR) is 116 cm³/mol. The highest BCUT2D eigenvalue weighted by atomic mass is 16.2. The normalized spacial score (nSPS) is 28.9. The molecule has 2 N–H and O–H groups in total. The van der Waals surface area contributed by atoms with Gasteiger partial charge in [-0.05, 0) is 41.4 Å². The number of rotatable bonds is 0. The van der Waals surface area contributed by atoms with Gasteiger partial charge in [0.1, 0.15) is 11.5 Å². The lowest BCUT2D eigenvalue weighted by molar-refractivity contribution is -0.127. The summed E-state index contributed by atoms with van der Waals surface area (Å²) in [6.45, 7) is 6.46. The molecule has 0 saturated carbocycles. The number of amides is 1. The molecule has 0 radical (unpaired) electrons. The third kappa shape index (κ3) is 2.27. The van der Waals surface area contributed by atoms with Crippen molar-refractivity contribution in [2.45, 2.75) is 39.0 Å². The minimum Gasteiger partial charge on any atom is -0.399 e. The van der Waals surface area contributed by atoms with Crippen molar-refractivity contribution >= 4 is 11.6 Å². The van der Waals surface area contributed by atoms with Crippen LogP contribution in [0, 0.1) is 56.7 Å². The molecule has 3 aliphatic rings. The number of para-hydroxylation sites is 1. The Kier molecular flexibility index (Phi) is 4.32. The van der Waals surface area contributed by atoms with E-state index in [4.69, 9.17) is 5.73 Å². The molecule has 4 rings (SSSR count). The second kappa shape index (κ2) is 6.47. The fourth-order valence-corrected chi connectivity index (χ4v) is 5.86. The Bertz CT molecular complexity index is 1170. The molecule has 6 heteroatoms. The SMILES string of the molecule is CN1C(=O)[C@]2(c3ccccc31)[C@H]1C[C@@H](C(C)(C)C)CC=C1C(C#N)=C(N)C2(C#N)C#N. The van der Waals surface area contributed by atoms with Gasteiger partial charge in [-0.15, -0.1) is 0 Å². The van der Waals surface area contributed by atoms with Crippen molar-refractivity contribution in [3.8, 4) is 18.2 Å². The lowest BCUT2D eigenvalue weighted by Gasteiger charge is -2.52. The van der Waals surface area contributed by atoms with E-state index in [0.717, 1.165) is 6.42 Å². The summed E-state index contributed by atoms with van der Waals surface area (Å²) in [5.74, 6) is -0.592. The molecular weight excluding hydrogens is 386 g/mol. The van der Waals surface area contributed by atoms with E-state index in [1.54, 1.807) is 7.05 Å². The highest BCUT2D eigenvalue weighted by molar-refractivity contribution is 6.10. The largest absolute Gasteiger partial charge is 0.399 e. The van der Waals surface area contributed by atoms with Crippen LogP contribution in [0.1, 0.15) is 39.2 Å². The minimum atomic E-state index is -1.97. The van der Waals surface area contributed by atoms with Gasteiger partial charge < -0.3 is 10.6 Å². The van der Waals surface area contributed by atoms with E-state index >= 15 is 0 Å². The third-order valence-electron chi connectivity index (χ3n) is 7.60. The molecule has 31 heavy (non-hydrogen) atoms. The number of carbonyl (C=O) groups excluding carboxylic acids is 1. The fourth-order valence-electron chi connectivity index (χ4n) is 5.86. The second-order valence-corrected chi connectivity index (χ2v) is 9.81. The molecule has 156 valence electrons. The van der Waals surface area contributed by atoms with Crippen LogP contribution in [0.3, 0.4) is 0 Å². The first-order valence-electron chi connectivity index (χ1n) is 10.4. The number of benzene rings is 1. The lowest BCUT2D eigenvalue weighted by atomic mass is 9.46. The average molecular weight is 412 g/mol. The molecule has 6 nitrogen and oxygen atoms in total. The van der Waals surface area contributed by atoms with Gasteiger partial charge >= 0.3 is 0 Å². The van der Waals surface area contributed by atoms with Gasteiger partial charge in [0.2, 0.25) is 11.3 Å². The first-order valence-corrected chi connectivity index (χ1v) is 10.4. The fraction of sp³-hybridized carbons (Fsp3) is 0.440. The van der Waals surface area contributed by atoms with Gasteiger partial charge in [-0.25, -0.2) is 0 Å². The van der Waals surface area contributed by atoms with Crippen molar-refractivity contribution < 1.29 is 4.79 Å². The molecule has 1 aromatic carbocycles. The van der Waals surface area contributed by atoms with E-state index in [9.17, 15) is 20.6 Å². The number of hydrogen-bond donors (Lipinski definition) is 1. The minimum absolute atomic E-state index is 0.0439. The maximum absolute atomic E-state index is 14.1. The number of fused-ring (bicyclic) bond motifs is 4. The Hall–Kier alpha value is -3.56. The second-order valence-electron chi connectivity index (χ2n) is 9.81. The first-order chi connectivity index (χ1) is 14.6. The van der Waals surface area contributed by atoms with Crippen LogP contribution in [0.4, 0.5) is 5.69 Å². The number of allylic oxidation sites excluding steroid dienone is 4. The van der Waals surface area contributed by atoms with E-state index in [-0.39, 0.29) is 28.5 Å². The van der Waals surface area contributed by atoms with Crippen LogP contribution in [0.2, 0.25) is 0 Å². The zero-order valence-electron chi connectivity index (χ0n) is 18.2. The van der Waals surface area contributed by atoms with Crippen LogP contribution >= 0.6 is 0 Å². The molecule has 1 amide bonds. The maximum Gasteiger partial charge on any atom is 0.241 e. The number of nitrogens with two attached hydrogens (primary N) is 1. The van der Waals surface area contributed by atoms with Gasteiger partial charge in [-0.2, -0.15) is 15.8 Å². The third-order valence-corrected chi connectivity index (χ3v) is 7.60. The Morgan fingerprint density at radius 3 is 2.39 bits per heavy atom. The van der Waals surface area contributed by atoms with Crippen molar-refractivity contribution in [2.75, 3.05) is 11.9 Å². The molecule has 2 aliphatic carbocycles. The summed E-state index contributed by atoms with van der Waals surface area (Å²) < 4.78 is 0. The quantitative estimate of drug-likeness (QED) is 0.698. The van der Waals surface area contributed by atoms with E-state index in [1.807, 2.05) is 30.3 Å². The number of anilines is 1. The summed E-state index contributed by atoms with van der Waals surface area (Å²) >= 11 is 0. The van der Waals surface area contributed by atoms with Crippen molar-refractivity contribution in [1.82, 2.24) is 0 Å². The molecule has 0 fully saturated rings. The van der Waals surface area contributed by atoms with Gasteiger partial charge in [0.15, 0.2) is 0 Å². The Labute approximate surface area is 182 Å². The Morgan fingerprint density at radius 1 is 1.16 bits per heavy atom. The summed E-state index contributed by atoms with van der Waals surface area (Å²) in [6, 6.07) is 13.7.